The van der Waals surface area contributed by atoms with E-state index >= 15 is 0 Å². The molecule has 0 aliphatic rings. The number of aliphatic carboxylic acids is 1. The van der Waals surface area contributed by atoms with Gasteiger partial charge in [-0.25, -0.2) is 4.79 Å². The van der Waals surface area contributed by atoms with Gasteiger partial charge in [0.15, 0.2) is 18.1 Å². The van der Waals surface area contributed by atoms with Gasteiger partial charge in [-0.1, -0.05) is 22.0 Å². The highest BCUT2D eigenvalue weighted by molar-refractivity contribution is 14.1. The topological polar surface area (TPSA) is 109 Å². The Bertz CT molecular complexity index is 1000. The zero-order chi connectivity index (χ0) is 21.4. The van der Waals surface area contributed by atoms with Gasteiger partial charge in [-0.15, -0.1) is 0 Å². The van der Waals surface area contributed by atoms with Crippen LogP contribution in [0.1, 0.15) is 12.5 Å². The van der Waals surface area contributed by atoms with Crippen molar-refractivity contribution in [2.24, 2.45) is 0 Å². The lowest BCUT2D eigenvalue weighted by Crippen LogP contribution is -2.13. The second kappa shape index (κ2) is 10.8. The van der Waals surface area contributed by atoms with E-state index in [4.69, 9.17) is 14.6 Å². The molecule has 2 aromatic carbocycles. The second-order valence-electron chi connectivity index (χ2n) is 5.58. The van der Waals surface area contributed by atoms with E-state index in [9.17, 15) is 14.9 Å². The SMILES string of the molecule is CCOc1cc(/C=C(/C#N)C(=O)Nc2cccc(Br)c2)cc(I)c1OCC(=O)O. The van der Waals surface area contributed by atoms with Gasteiger partial charge in [0, 0.05) is 10.2 Å². The molecule has 0 aliphatic carbocycles. The molecule has 0 heterocycles. The minimum atomic E-state index is -1.11. The van der Waals surface area contributed by atoms with Crippen LogP contribution in [0.25, 0.3) is 6.08 Å². The van der Waals surface area contributed by atoms with Crippen molar-refractivity contribution in [3.8, 4) is 17.6 Å². The molecule has 7 nitrogen and oxygen atoms in total. The smallest absolute Gasteiger partial charge is 0.341 e. The quantitative estimate of drug-likeness (QED) is 0.275. The lowest BCUT2D eigenvalue weighted by atomic mass is 10.1. The lowest BCUT2D eigenvalue weighted by Gasteiger charge is -2.13. The van der Waals surface area contributed by atoms with E-state index in [1.807, 2.05) is 34.7 Å². The molecule has 2 N–H and O–H groups in total. The summed E-state index contributed by atoms with van der Waals surface area (Å²) in [5, 5.41) is 20.9. The second-order valence-corrected chi connectivity index (χ2v) is 7.66. The number of carboxylic acid groups (broad SMARTS) is 1. The Morgan fingerprint density at radius 3 is 2.69 bits per heavy atom. The van der Waals surface area contributed by atoms with Gasteiger partial charge in [-0.2, -0.15) is 5.26 Å². The molecule has 0 aromatic heterocycles. The Hall–Kier alpha value is -2.58. The molecule has 0 radical (unpaired) electrons. The van der Waals surface area contributed by atoms with Crippen LogP contribution in [0.3, 0.4) is 0 Å². The molecule has 9 heteroatoms. The maximum atomic E-state index is 12.5. The number of nitrogens with one attached hydrogen (secondary N) is 1. The van der Waals surface area contributed by atoms with E-state index in [2.05, 4.69) is 21.2 Å². The zero-order valence-electron chi connectivity index (χ0n) is 15.2. The van der Waals surface area contributed by atoms with Gasteiger partial charge in [-0.3, -0.25) is 4.79 Å². The van der Waals surface area contributed by atoms with Crippen molar-refractivity contribution < 1.29 is 24.2 Å². The fourth-order valence-corrected chi connectivity index (χ4v) is 3.47. The van der Waals surface area contributed by atoms with E-state index in [0.29, 0.717) is 32.9 Å². The Morgan fingerprint density at radius 1 is 1.31 bits per heavy atom. The average Bonchev–Trinajstić information content (AvgIpc) is 2.65. The Labute approximate surface area is 189 Å². The fourth-order valence-electron chi connectivity index (χ4n) is 2.29. The summed E-state index contributed by atoms with van der Waals surface area (Å²) in [6.45, 7) is 1.60. The molecule has 0 unspecified atom stereocenters. The minimum absolute atomic E-state index is 0.0950. The van der Waals surface area contributed by atoms with Crippen LogP contribution in [0.2, 0.25) is 0 Å². The molecule has 0 spiro atoms. The molecule has 0 saturated carbocycles. The van der Waals surface area contributed by atoms with Crippen molar-refractivity contribution in [1.29, 1.82) is 5.26 Å². The first-order valence-corrected chi connectivity index (χ1v) is 10.2. The summed E-state index contributed by atoms with van der Waals surface area (Å²) < 4.78 is 12.2. The molecule has 2 rings (SSSR count). The van der Waals surface area contributed by atoms with E-state index in [-0.39, 0.29) is 5.57 Å². The highest BCUT2D eigenvalue weighted by Gasteiger charge is 2.15. The molecule has 0 saturated heterocycles. The molecule has 0 fully saturated rings. The molecule has 150 valence electrons. The number of carbonyl (C=O) groups is 2. The van der Waals surface area contributed by atoms with Gasteiger partial charge in [0.1, 0.15) is 11.6 Å². The summed E-state index contributed by atoms with van der Waals surface area (Å²) in [5.74, 6) is -1.03. The van der Waals surface area contributed by atoms with Crippen LogP contribution in [0.5, 0.6) is 11.5 Å². The molecule has 0 atom stereocenters. The largest absolute Gasteiger partial charge is 0.490 e. The number of hydrogen-bond donors (Lipinski definition) is 2. The van der Waals surface area contributed by atoms with Crippen molar-refractivity contribution in [1.82, 2.24) is 0 Å². The predicted octanol–water partition coefficient (Wildman–Crippen LogP) is 4.46. The number of hydrogen-bond acceptors (Lipinski definition) is 5. The fraction of sp³-hybridized carbons (Fsp3) is 0.150. The van der Waals surface area contributed by atoms with Gasteiger partial charge < -0.3 is 19.9 Å². The average molecular weight is 571 g/mol. The zero-order valence-corrected chi connectivity index (χ0v) is 19.0. The molecular formula is C20H16BrIN2O5. The maximum Gasteiger partial charge on any atom is 0.341 e. The highest BCUT2D eigenvalue weighted by atomic mass is 127. The van der Waals surface area contributed by atoms with Crippen molar-refractivity contribution in [3.63, 3.8) is 0 Å². The number of amides is 1. The van der Waals surface area contributed by atoms with Gasteiger partial charge in [0.2, 0.25) is 0 Å². The van der Waals surface area contributed by atoms with Crippen molar-refractivity contribution in [2.75, 3.05) is 18.5 Å². The van der Waals surface area contributed by atoms with E-state index in [1.54, 1.807) is 37.3 Å². The number of carboxylic acids is 1. The maximum absolute atomic E-state index is 12.5. The lowest BCUT2D eigenvalue weighted by molar-refractivity contribution is -0.139. The van der Waals surface area contributed by atoms with Crippen LogP contribution in [0.4, 0.5) is 5.69 Å². The number of nitriles is 1. The first-order valence-electron chi connectivity index (χ1n) is 8.33. The van der Waals surface area contributed by atoms with Crippen molar-refractivity contribution in [2.45, 2.75) is 6.92 Å². The molecule has 29 heavy (non-hydrogen) atoms. The van der Waals surface area contributed by atoms with Crippen LogP contribution in [-0.2, 0) is 9.59 Å². The standard InChI is InChI=1S/C20H16BrIN2O5/c1-2-28-17-8-12(7-16(22)19(17)29-11-18(25)26)6-13(10-23)20(27)24-15-5-3-4-14(21)9-15/h3-9H,2,11H2,1H3,(H,24,27)(H,25,26)/b13-6-. The first-order chi connectivity index (χ1) is 13.8. The van der Waals surface area contributed by atoms with E-state index in [0.717, 1.165) is 4.47 Å². The van der Waals surface area contributed by atoms with Crippen molar-refractivity contribution in [3.05, 3.63) is 55.6 Å². The number of nitrogens with zero attached hydrogens (tertiary/aromatic N) is 1. The number of benzene rings is 2. The van der Waals surface area contributed by atoms with Crippen molar-refractivity contribution >= 4 is 62.2 Å². The van der Waals surface area contributed by atoms with Gasteiger partial charge in [-0.05, 0) is 71.5 Å². The summed E-state index contributed by atoms with van der Waals surface area (Å²) in [7, 11) is 0. The number of anilines is 1. The predicted molar refractivity (Wildman–Crippen MR) is 120 cm³/mol. The molecule has 0 bridgehead atoms. The molecular weight excluding hydrogens is 555 g/mol. The third-order valence-corrected chi connectivity index (χ3v) is 4.72. The van der Waals surface area contributed by atoms with Crippen LogP contribution < -0.4 is 14.8 Å². The summed E-state index contributed by atoms with van der Waals surface area (Å²) in [6.07, 6.45) is 1.43. The van der Waals surface area contributed by atoms with E-state index < -0.39 is 18.5 Å². The Kier molecular flexibility index (Phi) is 8.48. The van der Waals surface area contributed by atoms with Gasteiger partial charge >= 0.3 is 5.97 Å². The van der Waals surface area contributed by atoms with Crippen LogP contribution in [-0.4, -0.2) is 30.2 Å². The monoisotopic (exact) mass is 570 g/mol. The van der Waals surface area contributed by atoms with Crippen LogP contribution >= 0.6 is 38.5 Å². The number of ether oxygens (including phenoxy) is 2. The third-order valence-electron chi connectivity index (χ3n) is 3.43. The normalized spacial score (nSPS) is 10.8. The molecule has 1 amide bonds. The number of carbonyl (C=O) groups excluding carboxylic acids is 1. The van der Waals surface area contributed by atoms with E-state index in [1.165, 1.54) is 6.08 Å². The summed E-state index contributed by atoms with van der Waals surface area (Å²) in [6, 6.07) is 12.2. The minimum Gasteiger partial charge on any atom is -0.490 e. The third kappa shape index (κ3) is 6.76. The van der Waals surface area contributed by atoms with Gasteiger partial charge in [0.05, 0.1) is 10.2 Å². The Balaban J connectivity index is 2.33. The Morgan fingerprint density at radius 2 is 2.07 bits per heavy atom. The number of halogens is 2. The summed E-state index contributed by atoms with van der Waals surface area (Å²) in [5.41, 5.74) is 0.997. The van der Waals surface area contributed by atoms with Gasteiger partial charge in [0.25, 0.3) is 5.91 Å². The first kappa shape index (κ1) is 22.7. The number of rotatable bonds is 8. The summed E-state index contributed by atoms with van der Waals surface area (Å²) >= 11 is 5.31. The van der Waals surface area contributed by atoms with Crippen LogP contribution in [0.15, 0.2) is 46.4 Å². The van der Waals surface area contributed by atoms with Crippen LogP contribution in [0, 0.1) is 14.9 Å². The molecule has 0 aliphatic heterocycles. The molecule has 2 aromatic rings. The highest BCUT2D eigenvalue weighted by Crippen LogP contribution is 2.35. The summed E-state index contributed by atoms with van der Waals surface area (Å²) in [4.78, 5) is 23.2.